The Hall–Kier alpha value is -1.81. The van der Waals surface area contributed by atoms with Gasteiger partial charge in [0.15, 0.2) is 0 Å². The highest BCUT2D eigenvalue weighted by atomic mass is 16.5. The zero-order valence-corrected chi connectivity index (χ0v) is 11.9. The molecule has 0 unspecified atom stereocenters. The van der Waals surface area contributed by atoms with Crippen LogP contribution in [-0.2, 0) is 11.8 Å². The number of nitrogens with zero attached hydrogens (tertiary/aromatic N) is 1. The van der Waals surface area contributed by atoms with Crippen molar-refractivity contribution in [2.45, 2.75) is 19.4 Å². The minimum Gasteiger partial charge on any atom is -0.382 e. The zero-order chi connectivity index (χ0) is 14.0. The molecule has 0 saturated carbocycles. The van der Waals surface area contributed by atoms with E-state index in [1.54, 1.807) is 24.8 Å². The maximum atomic E-state index is 12.0. The molecule has 19 heavy (non-hydrogen) atoms. The number of hydrogen-bond acceptors (Lipinski definition) is 3. The lowest BCUT2D eigenvalue weighted by atomic mass is 10.1. The van der Waals surface area contributed by atoms with Gasteiger partial charge in [0.05, 0.1) is 17.7 Å². The van der Waals surface area contributed by atoms with E-state index >= 15 is 0 Å². The number of anilines is 1. The molecule has 0 radical (unpaired) electrons. The SMILES string of the molecule is COCC(C)(C)Nc1cc(=O)n(C)c2ccccc12. The molecule has 102 valence electrons. The Morgan fingerprint density at radius 3 is 2.68 bits per heavy atom. The van der Waals surface area contributed by atoms with E-state index in [4.69, 9.17) is 4.74 Å². The van der Waals surface area contributed by atoms with Crippen molar-refractivity contribution in [1.82, 2.24) is 4.57 Å². The van der Waals surface area contributed by atoms with Crippen LogP contribution in [0.25, 0.3) is 10.9 Å². The second-order valence-corrected chi connectivity index (χ2v) is 5.41. The molecule has 1 aromatic carbocycles. The van der Waals surface area contributed by atoms with Crippen LogP contribution in [0.5, 0.6) is 0 Å². The number of hydrogen-bond donors (Lipinski definition) is 1. The molecule has 4 nitrogen and oxygen atoms in total. The molecule has 0 aliphatic carbocycles. The Morgan fingerprint density at radius 1 is 1.32 bits per heavy atom. The van der Waals surface area contributed by atoms with Crippen molar-refractivity contribution >= 4 is 16.6 Å². The van der Waals surface area contributed by atoms with Gasteiger partial charge < -0.3 is 14.6 Å². The maximum Gasteiger partial charge on any atom is 0.252 e. The van der Waals surface area contributed by atoms with Gasteiger partial charge in [-0.3, -0.25) is 4.79 Å². The van der Waals surface area contributed by atoms with E-state index in [9.17, 15) is 4.79 Å². The third-order valence-electron chi connectivity index (χ3n) is 3.13. The quantitative estimate of drug-likeness (QED) is 0.917. The van der Waals surface area contributed by atoms with Crippen LogP contribution in [0.4, 0.5) is 5.69 Å². The van der Waals surface area contributed by atoms with Crippen LogP contribution in [0.15, 0.2) is 35.1 Å². The molecule has 0 fully saturated rings. The molecule has 0 aliphatic rings. The molecule has 4 heteroatoms. The summed E-state index contributed by atoms with van der Waals surface area (Å²) in [5.41, 5.74) is 1.52. The Bertz CT molecular complexity index is 644. The van der Waals surface area contributed by atoms with Gasteiger partial charge in [-0.25, -0.2) is 0 Å². The number of methoxy groups -OCH3 is 1. The van der Waals surface area contributed by atoms with Crippen molar-refractivity contribution in [2.24, 2.45) is 7.05 Å². The lowest BCUT2D eigenvalue weighted by Crippen LogP contribution is -2.36. The number of para-hydroxylation sites is 1. The summed E-state index contributed by atoms with van der Waals surface area (Å²) in [4.78, 5) is 12.0. The van der Waals surface area contributed by atoms with E-state index < -0.39 is 0 Å². The summed E-state index contributed by atoms with van der Waals surface area (Å²) in [5.74, 6) is 0. The van der Waals surface area contributed by atoms with Crippen LogP contribution in [0, 0.1) is 0 Å². The molecule has 2 rings (SSSR count). The largest absolute Gasteiger partial charge is 0.382 e. The standard InChI is InChI=1S/C15H20N2O2/c1-15(2,10-19-4)16-12-9-14(18)17(3)13-8-6-5-7-11(12)13/h5-9,16H,10H2,1-4H3. The zero-order valence-electron chi connectivity index (χ0n) is 11.9. The van der Waals surface area contributed by atoms with E-state index in [0.717, 1.165) is 16.6 Å². The minimum absolute atomic E-state index is 0.0191. The van der Waals surface area contributed by atoms with Gasteiger partial charge in [-0.05, 0) is 19.9 Å². The average Bonchev–Trinajstić information content (AvgIpc) is 2.35. The van der Waals surface area contributed by atoms with Crippen molar-refractivity contribution in [3.63, 3.8) is 0 Å². The monoisotopic (exact) mass is 260 g/mol. The molecule has 0 aliphatic heterocycles. The van der Waals surface area contributed by atoms with Gasteiger partial charge in [-0.15, -0.1) is 0 Å². The van der Waals surface area contributed by atoms with Crippen molar-refractivity contribution in [2.75, 3.05) is 19.0 Å². The Kier molecular flexibility index (Phi) is 3.62. The first-order valence-corrected chi connectivity index (χ1v) is 6.30. The summed E-state index contributed by atoms with van der Waals surface area (Å²) in [5, 5.41) is 4.43. The Balaban J connectivity index is 2.55. The molecular weight excluding hydrogens is 240 g/mol. The highest BCUT2D eigenvalue weighted by molar-refractivity contribution is 5.91. The van der Waals surface area contributed by atoms with E-state index in [1.807, 2.05) is 38.1 Å². The molecular formula is C15H20N2O2. The number of benzene rings is 1. The number of rotatable bonds is 4. The molecule has 2 aromatic rings. The Labute approximate surface area is 113 Å². The lowest BCUT2D eigenvalue weighted by Gasteiger charge is -2.27. The van der Waals surface area contributed by atoms with Gasteiger partial charge in [0.2, 0.25) is 0 Å². The van der Waals surface area contributed by atoms with Crippen LogP contribution in [0.3, 0.4) is 0 Å². The second kappa shape index (κ2) is 5.05. The summed E-state index contributed by atoms with van der Waals surface area (Å²) in [6.45, 7) is 4.65. The fourth-order valence-corrected chi connectivity index (χ4v) is 2.28. The molecule has 0 amide bonds. The third-order valence-corrected chi connectivity index (χ3v) is 3.13. The van der Waals surface area contributed by atoms with E-state index in [1.165, 1.54) is 0 Å². The van der Waals surface area contributed by atoms with Gasteiger partial charge >= 0.3 is 0 Å². The first-order chi connectivity index (χ1) is 8.94. The number of fused-ring (bicyclic) bond motifs is 1. The number of aromatic nitrogens is 1. The van der Waals surface area contributed by atoms with E-state index in [-0.39, 0.29) is 11.1 Å². The molecule has 0 spiro atoms. The van der Waals surface area contributed by atoms with Crippen LogP contribution in [0.1, 0.15) is 13.8 Å². The topological polar surface area (TPSA) is 43.3 Å². The second-order valence-electron chi connectivity index (χ2n) is 5.41. The number of nitrogens with one attached hydrogen (secondary N) is 1. The summed E-state index contributed by atoms with van der Waals surface area (Å²) >= 11 is 0. The molecule has 1 N–H and O–H groups in total. The fourth-order valence-electron chi connectivity index (χ4n) is 2.28. The summed E-state index contributed by atoms with van der Waals surface area (Å²) in [6.07, 6.45) is 0. The third kappa shape index (κ3) is 2.79. The highest BCUT2D eigenvalue weighted by Crippen LogP contribution is 2.24. The van der Waals surface area contributed by atoms with Gasteiger partial charge in [0.25, 0.3) is 5.56 Å². The smallest absolute Gasteiger partial charge is 0.252 e. The molecule has 0 atom stereocenters. The fraction of sp³-hybridized carbons (Fsp3) is 0.400. The van der Waals surface area contributed by atoms with Crippen molar-refractivity contribution in [1.29, 1.82) is 0 Å². The average molecular weight is 260 g/mol. The van der Waals surface area contributed by atoms with Crippen molar-refractivity contribution in [3.8, 4) is 0 Å². The van der Waals surface area contributed by atoms with Gasteiger partial charge in [-0.2, -0.15) is 0 Å². The molecule has 1 aromatic heterocycles. The van der Waals surface area contributed by atoms with Gasteiger partial charge in [0, 0.05) is 31.3 Å². The predicted molar refractivity (Wildman–Crippen MR) is 78.8 cm³/mol. The van der Waals surface area contributed by atoms with Crippen LogP contribution in [-0.4, -0.2) is 23.8 Å². The molecule has 1 heterocycles. The normalized spacial score (nSPS) is 11.8. The van der Waals surface area contributed by atoms with Gasteiger partial charge in [0.1, 0.15) is 0 Å². The molecule has 0 saturated heterocycles. The van der Waals surface area contributed by atoms with Crippen LogP contribution in [0.2, 0.25) is 0 Å². The maximum absolute atomic E-state index is 12.0. The lowest BCUT2D eigenvalue weighted by molar-refractivity contribution is 0.158. The van der Waals surface area contributed by atoms with Gasteiger partial charge in [-0.1, -0.05) is 18.2 Å². The van der Waals surface area contributed by atoms with Crippen LogP contribution < -0.4 is 10.9 Å². The van der Waals surface area contributed by atoms with E-state index in [0.29, 0.717) is 6.61 Å². The number of ether oxygens (including phenoxy) is 1. The summed E-state index contributed by atoms with van der Waals surface area (Å²) < 4.78 is 6.86. The van der Waals surface area contributed by atoms with Crippen LogP contribution >= 0.6 is 0 Å². The summed E-state index contributed by atoms with van der Waals surface area (Å²) in [7, 11) is 3.46. The summed E-state index contributed by atoms with van der Waals surface area (Å²) in [6, 6.07) is 9.51. The van der Waals surface area contributed by atoms with E-state index in [2.05, 4.69) is 5.32 Å². The molecule has 0 bridgehead atoms. The minimum atomic E-state index is -0.232. The van der Waals surface area contributed by atoms with Crippen molar-refractivity contribution < 1.29 is 4.74 Å². The Morgan fingerprint density at radius 2 is 2.00 bits per heavy atom. The van der Waals surface area contributed by atoms with Crippen molar-refractivity contribution in [3.05, 3.63) is 40.7 Å². The highest BCUT2D eigenvalue weighted by Gasteiger charge is 2.18. The predicted octanol–water partition coefficient (Wildman–Crippen LogP) is 2.38. The number of pyridine rings is 1. The number of aryl methyl sites for hydroxylation is 1. The first-order valence-electron chi connectivity index (χ1n) is 6.30. The first kappa shape index (κ1) is 13.6.